The van der Waals surface area contributed by atoms with Gasteiger partial charge in [-0.25, -0.2) is 0 Å². The standard InChI is InChI=1S/C4H5BrN2/c1-3-4(5)2-6-7-3/h2-3H,1H3. The summed E-state index contributed by atoms with van der Waals surface area (Å²) < 4.78 is 1.06. The molecule has 0 aromatic carbocycles. The lowest BCUT2D eigenvalue weighted by molar-refractivity contribution is 0.887. The first-order valence-corrected chi connectivity index (χ1v) is 2.85. The summed E-state index contributed by atoms with van der Waals surface area (Å²) >= 11 is 3.28. The van der Waals surface area contributed by atoms with E-state index >= 15 is 0 Å². The molecule has 0 bridgehead atoms. The first kappa shape index (κ1) is 4.97. The molecule has 0 spiro atoms. The molecule has 1 unspecified atom stereocenters. The monoisotopic (exact) mass is 160 g/mol. The highest BCUT2D eigenvalue weighted by Gasteiger charge is 2.06. The third-order valence-electron chi connectivity index (χ3n) is 0.820. The zero-order chi connectivity index (χ0) is 5.28. The van der Waals surface area contributed by atoms with Crippen LogP contribution in [-0.2, 0) is 0 Å². The number of hydrogen-bond donors (Lipinski definition) is 0. The minimum absolute atomic E-state index is 0.250. The summed E-state index contributed by atoms with van der Waals surface area (Å²) in [5, 5.41) is 7.46. The summed E-state index contributed by atoms with van der Waals surface area (Å²) in [5.74, 6) is 0. The Morgan fingerprint density at radius 3 is 2.71 bits per heavy atom. The Morgan fingerprint density at radius 2 is 2.57 bits per heavy atom. The van der Waals surface area contributed by atoms with Crippen LogP contribution >= 0.6 is 15.9 Å². The third-order valence-corrected chi connectivity index (χ3v) is 1.69. The van der Waals surface area contributed by atoms with Gasteiger partial charge in [0, 0.05) is 4.48 Å². The summed E-state index contributed by atoms with van der Waals surface area (Å²) in [6.45, 7) is 1.98. The van der Waals surface area contributed by atoms with Crippen LogP contribution in [0, 0.1) is 0 Å². The third kappa shape index (κ3) is 0.881. The van der Waals surface area contributed by atoms with Crippen LogP contribution < -0.4 is 0 Å². The second-order valence-electron chi connectivity index (χ2n) is 1.42. The molecule has 0 amide bonds. The molecule has 0 N–H and O–H groups in total. The predicted molar refractivity (Wildman–Crippen MR) is 31.3 cm³/mol. The van der Waals surface area contributed by atoms with Crippen molar-refractivity contribution in [3.8, 4) is 0 Å². The molecule has 0 saturated carbocycles. The molecule has 0 saturated heterocycles. The van der Waals surface area contributed by atoms with Crippen molar-refractivity contribution in [1.29, 1.82) is 0 Å². The minimum Gasteiger partial charge on any atom is -0.181 e. The molecule has 0 aromatic heterocycles. The van der Waals surface area contributed by atoms with Gasteiger partial charge in [0.2, 0.25) is 0 Å². The highest BCUT2D eigenvalue weighted by atomic mass is 79.9. The molecule has 1 aliphatic rings. The van der Waals surface area contributed by atoms with Gasteiger partial charge in [0.15, 0.2) is 0 Å². The van der Waals surface area contributed by atoms with Gasteiger partial charge in [-0.3, -0.25) is 0 Å². The van der Waals surface area contributed by atoms with Crippen molar-refractivity contribution in [3.05, 3.63) is 10.7 Å². The number of hydrogen-bond acceptors (Lipinski definition) is 2. The molecule has 2 nitrogen and oxygen atoms in total. The summed E-state index contributed by atoms with van der Waals surface area (Å²) in [4.78, 5) is 0. The van der Waals surface area contributed by atoms with E-state index in [0.717, 1.165) is 4.48 Å². The van der Waals surface area contributed by atoms with E-state index in [0.29, 0.717) is 0 Å². The van der Waals surface area contributed by atoms with Crippen LogP contribution in [0.2, 0.25) is 0 Å². The van der Waals surface area contributed by atoms with Gasteiger partial charge in [-0.2, -0.15) is 10.2 Å². The molecule has 3 heteroatoms. The fourth-order valence-corrected chi connectivity index (χ4v) is 0.535. The van der Waals surface area contributed by atoms with E-state index in [2.05, 4.69) is 26.2 Å². The highest BCUT2D eigenvalue weighted by molar-refractivity contribution is 9.11. The molecule has 1 atom stereocenters. The molecule has 1 aliphatic heterocycles. The first-order valence-electron chi connectivity index (χ1n) is 2.06. The van der Waals surface area contributed by atoms with Crippen LogP contribution in [0.4, 0.5) is 0 Å². The lowest BCUT2D eigenvalue weighted by Crippen LogP contribution is -1.89. The molecule has 1 heterocycles. The van der Waals surface area contributed by atoms with E-state index in [-0.39, 0.29) is 6.04 Å². The smallest absolute Gasteiger partial charge is 0.101 e. The zero-order valence-electron chi connectivity index (χ0n) is 3.93. The van der Waals surface area contributed by atoms with Crippen molar-refractivity contribution in [2.75, 3.05) is 0 Å². The Kier molecular flexibility index (Phi) is 1.23. The summed E-state index contributed by atoms with van der Waals surface area (Å²) in [5.41, 5.74) is 0. The summed E-state index contributed by atoms with van der Waals surface area (Å²) in [6, 6.07) is 0.250. The molecule has 1 rings (SSSR count). The van der Waals surface area contributed by atoms with E-state index in [4.69, 9.17) is 0 Å². The van der Waals surface area contributed by atoms with E-state index in [9.17, 15) is 0 Å². The first-order chi connectivity index (χ1) is 3.30. The van der Waals surface area contributed by atoms with Crippen LogP contribution in [0.1, 0.15) is 6.92 Å². The van der Waals surface area contributed by atoms with Gasteiger partial charge in [0.1, 0.15) is 6.04 Å². The van der Waals surface area contributed by atoms with Gasteiger partial charge >= 0.3 is 0 Å². The maximum Gasteiger partial charge on any atom is 0.101 e. The molecule has 0 aliphatic carbocycles. The fourth-order valence-electron chi connectivity index (χ4n) is 0.352. The molecule has 0 radical (unpaired) electrons. The largest absolute Gasteiger partial charge is 0.181 e. The Labute approximate surface area is 50.5 Å². The quantitative estimate of drug-likeness (QED) is 0.519. The van der Waals surface area contributed by atoms with Crippen molar-refractivity contribution in [2.24, 2.45) is 10.2 Å². The number of rotatable bonds is 0. The minimum atomic E-state index is 0.250. The van der Waals surface area contributed by atoms with Gasteiger partial charge in [-0.1, -0.05) is 15.9 Å². The second-order valence-corrected chi connectivity index (χ2v) is 2.34. The normalized spacial score (nSPS) is 28.3. The van der Waals surface area contributed by atoms with E-state index in [1.165, 1.54) is 0 Å². The SMILES string of the molecule is CC1N=NC=C1Br. The van der Waals surface area contributed by atoms with Gasteiger partial charge < -0.3 is 0 Å². The van der Waals surface area contributed by atoms with Crippen LogP contribution in [0.3, 0.4) is 0 Å². The Bertz CT molecular complexity index is 128. The van der Waals surface area contributed by atoms with Gasteiger partial charge in [0.05, 0.1) is 6.20 Å². The summed E-state index contributed by atoms with van der Waals surface area (Å²) in [7, 11) is 0. The Hall–Kier alpha value is -0.180. The zero-order valence-corrected chi connectivity index (χ0v) is 5.51. The van der Waals surface area contributed by atoms with E-state index in [1.54, 1.807) is 6.20 Å². The summed E-state index contributed by atoms with van der Waals surface area (Å²) in [6.07, 6.45) is 1.71. The van der Waals surface area contributed by atoms with Crippen molar-refractivity contribution >= 4 is 15.9 Å². The number of azo groups is 1. The second kappa shape index (κ2) is 1.74. The average molecular weight is 161 g/mol. The molecule has 0 fully saturated rings. The maximum atomic E-state index is 3.80. The molecule has 0 aromatic rings. The Balaban J connectivity index is 2.69. The molecular weight excluding hydrogens is 156 g/mol. The average Bonchev–Trinajstić information content (AvgIpc) is 1.91. The lowest BCUT2D eigenvalue weighted by Gasteiger charge is -1.90. The molecule has 7 heavy (non-hydrogen) atoms. The van der Waals surface area contributed by atoms with Gasteiger partial charge in [-0.05, 0) is 6.92 Å². The van der Waals surface area contributed by atoms with Crippen LogP contribution in [0.5, 0.6) is 0 Å². The van der Waals surface area contributed by atoms with E-state index < -0.39 is 0 Å². The molecule has 38 valence electrons. The Morgan fingerprint density at radius 1 is 1.86 bits per heavy atom. The molecular formula is C4H5BrN2. The maximum absolute atomic E-state index is 3.80. The van der Waals surface area contributed by atoms with Crippen LogP contribution in [-0.4, -0.2) is 6.04 Å². The predicted octanol–water partition coefficient (Wildman–Crippen LogP) is 2.08. The van der Waals surface area contributed by atoms with Crippen LogP contribution in [0.15, 0.2) is 20.9 Å². The highest BCUT2D eigenvalue weighted by Crippen LogP contribution is 2.18. The van der Waals surface area contributed by atoms with Crippen molar-refractivity contribution in [3.63, 3.8) is 0 Å². The number of halogens is 1. The van der Waals surface area contributed by atoms with E-state index in [1.807, 2.05) is 6.92 Å². The van der Waals surface area contributed by atoms with Crippen molar-refractivity contribution in [2.45, 2.75) is 13.0 Å². The van der Waals surface area contributed by atoms with Gasteiger partial charge in [0.25, 0.3) is 0 Å². The fraction of sp³-hybridized carbons (Fsp3) is 0.500. The van der Waals surface area contributed by atoms with Crippen molar-refractivity contribution in [1.82, 2.24) is 0 Å². The lowest BCUT2D eigenvalue weighted by atomic mass is 10.4. The number of nitrogens with zero attached hydrogens (tertiary/aromatic N) is 2. The van der Waals surface area contributed by atoms with Gasteiger partial charge in [-0.15, -0.1) is 0 Å². The topological polar surface area (TPSA) is 24.7 Å². The van der Waals surface area contributed by atoms with Crippen LogP contribution in [0.25, 0.3) is 0 Å². The van der Waals surface area contributed by atoms with Crippen molar-refractivity contribution < 1.29 is 0 Å².